The lowest BCUT2D eigenvalue weighted by molar-refractivity contribution is 0.572. The molecule has 3 rings (SSSR count). The van der Waals surface area contributed by atoms with Crippen molar-refractivity contribution in [3.63, 3.8) is 0 Å². The number of benzene rings is 2. The number of hydrogen-bond acceptors (Lipinski definition) is 3. The first-order valence-corrected chi connectivity index (χ1v) is 9.15. The molecule has 0 spiro atoms. The van der Waals surface area contributed by atoms with Gasteiger partial charge in [0.05, 0.1) is 12.2 Å². The molecule has 0 unspecified atom stereocenters. The third kappa shape index (κ3) is 6.37. The summed E-state index contributed by atoms with van der Waals surface area (Å²) in [5, 5.41) is 6.62. The van der Waals surface area contributed by atoms with Crippen molar-refractivity contribution >= 4 is 29.9 Å². The number of rotatable bonds is 6. The van der Waals surface area contributed by atoms with Crippen LogP contribution >= 0.6 is 24.0 Å². The van der Waals surface area contributed by atoms with Crippen molar-refractivity contribution in [1.29, 1.82) is 0 Å². The fourth-order valence-corrected chi connectivity index (χ4v) is 3.03. The van der Waals surface area contributed by atoms with Crippen molar-refractivity contribution in [2.75, 3.05) is 13.6 Å². The van der Waals surface area contributed by atoms with Crippen LogP contribution in [0.1, 0.15) is 22.4 Å². The van der Waals surface area contributed by atoms with E-state index in [9.17, 15) is 0 Å². The SMILES string of the molecule is CN=C(NCCc1cc(C)cc(C)c1)NCc1coc(-c2ccccc2)n1.I. The van der Waals surface area contributed by atoms with Crippen molar-refractivity contribution in [2.45, 2.75) is 26.8 Å². The molecule has 2 N–H and O–H groups in total. The molecule has 0 amide bonds. The van der Waals surface area contributed by atoms with E-state index in [1.807, 2.05) is 30.3 Å². The van der Waals surface area contributed by atoms with E-state index in [2.05, 4.69) is 52.7 Å². The molecule has 0 aliphatic heterocycles. The topological polar surface area (TPSA) is 62.5 Å². The Morgan fingerprint density at radius 2 is 1.75 bits per heavy atom. The third-order valence-corrected chi connectivity index (χ3v) is 4.22. The van der Waals surface area contributed by atoms with E-state index < -0.39 is 0 Å². The highest BCUT2D eigenvalue weighted by atomic mass is 127. The van der Waals surface area contributed by atoms with Crippen LogP contribution in [0.3, 0.4) is 0 Å². The molecule has 0 radical (unpaired) electrons. The molecule has 3 aromatic rings. The number of hydrogen-bond donors (Lipinski definition) is 2. The van der Waals surface area contributed by atoms with Crippen LogP contribution < -0.4 is 10.6 Å². The number of aryl methyl sites for hydroxylation is 2. The molecule has 0 atom stereocenters. The molecule has 1 aromatic heterocycles. The van der Waals surface area contributed by atoms with E-state index in [4.69, 9.17) is 4.42 Å². The van der Waals surface area contributed by atoms with Crippen molar-refractivity contribution in [3.05, 3.63) is 77.2 Å². The molecule has 5 nitrogen and oxygen atoms in total. The summed E-state index contributed by atoms with van der Waals surface area (Å²) in [7, 11) is 1.77. The Morgan fingerprint density at radius 1 is 1.04 bits per heavy atom. The first kappa shape index (κ1) is 21.9. The van der Waals surface area contributed by atoms with Crippen molar-refractivity contribution in [3.8, 4) is 11.5 Å². The zero-order valence-corrected chi connectivity index (χ0v) is 18.9. The smallest absolute Gasteiger partial charge is 0.226 e. The number of aliphatic imine (C=N–C) groups is 1. The number of oxazole rings is 1. The molecule has 0 fully saturated rings. The Morgan fingerprint density at radius 3 is 2.43 bits per heavy atom. The highest BCUT2D eigenvalue weighted by Gasteiger charge is 2.07. The number of nitrogens with zero attached hydrogens (tertiary/aromatic N) is 2. The minimum atomic E-state index is 0. The Labute approximate surface area is 183 Å². The molecule has 1 heterocycles. The zero-order chi connectivity index (χ0) is 19.1. The Balaban J connectivity index is 0.00000280. The Bertz CT molecular complexity index is 886. The van der Waals surface area contributed by atoms with E-state index in [0.717, 1.165) is 30.2 Å². The van der Waals surface area contributed by atoms with Crippen LogP contribution in [0.2, 0.25) is 0 Å². The first-order chi connectivity index (χ1) is 13.1. The van der Waals surface area contributed by atoms with Crippen molar-refractivity contribution in [2.24, 2.45) is 4.99 Å². The lowest BCUT2D eigenvalue weighted by Crippen LogP contribution is -2.37. The lowest BCUT2D eigenvalue weighted by atomic mass is 10.1. The summed E-state index contributed by atoms with van der Waals surface area (Å²) in [6.07, 6.45) is 2.63. The average molecular weight is 490 g/mol. The maximum atomic E-state index is 5.57. The van der Waals surface area contributed by atoms with Crippen molar-refractivity contribution in [1.82, 2.24) is 15.6 Å². The number of nitrogens with one attached hydrogen (secondary N) is 2. The van der Waals surface area contributed by atoms with Gasteiger partial charge in [0.15, 0.2) is 5.96 Å². The fourth-order valence-electron chi connectivity index (χ4n) is 3.03. The number of halogens is 1. The van der Waals surface area contributed by atoms with Crippen LogP contribution in [0.15, 0.2) is 64.2 Å². The number of aromatic nitrogens is 1. The van der Waals surface area contributed by atoms with E-state index in [0.29, 0.717) is 12.4 Å². The Kier molecular flexibility index (Phi) is 8.50. The summed E-state index contributed by atoms with van der Waals surface area (Å²) in [5.74, 6) is 1.38. The summed E-state index contributed by atoms with van der Waals surface area (Å²) < 4.78 is 5.57. The van der Waals surface area contributed by atoms with Gasteiger partial charge in [-0.25, -0.2) is 4.98 Å². The van der Waals surface area contributed by atoms with Gasteiger partial charge in [0.1, 0.15) is 6.26 Å². The van der Waals surface area contributed by atoms with Gasteiger partial charge in [0, 0.05) is 19.2 Å². The molecular formula is C22H27IN4O. The summed E-state index contributed by atoms with van der Waals surface area (Å²) in [6.45, 7) is 5.63. The second-order valence-electron chi connectivity index (χ2n) is 6.61. The molecule has 0 saturated heterocycles. The van der Waals surface area contributed by atoms with Gasteiger partial charge in [-0.3, -0.25) is 4.99 Å². The van der Waals surface area contributed by atoms with Crippen LogP contribution in [-0.4, -0.2) is 24.5 Å². The molecule has 148 valence electrons. The predicted molar refractivity (Wildman–Crippen MR) is 125 cm³/mol. The standard InChI is InChI=1S/C22H26N4O.HI/c1-16-11-17(2)13-18(12-16)9-10-24-22(23-3)25-14-20-15-27-21(26-20)19-7-5-4-6-8-19;/h4-8,11-13,15H,9-10,14H2,1-3H3,(H2,23,24,25);1H. The molecular weight excluding hydrogens is 463 g/mol. The molecule has 6 heteroatoms. The van der Waals surface area contributed by atoms with Crippen molar-refractivity contribution < 1.29 is 4.42 Å². The fraction of sp³-hybridized carbons (Fsp3) is 0.273. The van der Waals surface area contributed by atoms with E-state index in [1.165, 1.54) is 16.7 Å². The van der Waals surface area contributed by atoms with Crippen LogP contribution in [0, 0.1) is 13.8 Å². The maximum absolute atomic E-state index is 5.57. The van der Waals surface area contributed by atoms with Gasteiger partial charge in [-0.05, 0) is 38.0 Å². The van der Waals surface area contributed by atoms with Gasteiger partial charge < -0.3 is 15.1 Å². The maximum Gasteiger partial charge on any atom is 0.226 e. The van der Waals surface area contributed by atoms with E-state index in [1.54, 1.807) is 13.3 Å². The quantitative estimate of drug-likeness (QED) is 0.304. The summed E-state index contributed by atoms with van der Waals surface area (Å²) in [4.78, 5) is 8.79. The average Bonchev–Trinajstić information content (AvgIpc) is 3.13. The molecule has 2 aromatic carbocycles. The van der Waals surface area contributed by atoms with Crippen LogP contribution in [-0.2, 0) is 13.0 Å². The number of guanidine groups is 1. The molecule has 0 aliphatic rings. The van der Waals surface area contributed by atoms with Gasteiger partial charge in [0.25, 0.3) is 0 Å². The highest BCUT2D eigenvalue weighted by molar-refractivity contribution is 14.0. The molecule has 0 saturated carbocycles. The van der Waals surface area contributed by atoms with Gasteiger partial charge >= 0.3 is 0 Å². The predicted octanol–water partition coefficient (Wildman–Crippen LogP) is 4.48. The molecule has 28 heavy (non-hydrogen) atoms. The summed E-state index contributed by atoms with van der Waals surface area (Å²) in [6, 6.07) is 16.5. The summed E-state index contributed by atoms with van der Waals surface area (Å²) >= 11 is 0. The highest BCUT2D eigenvalue weighted by Crippen LogP contribution is 2.17. The van der Waals surface area contributed by atoms with E-state index >= 15 is 0 Å². The molecule has 0 bridgehead atoms. The Hall–Kier alpha value is -2.35. The largest absolute Gasteiger partial charge is 0.444 e. The van der Waals surface area contributed by atoms with Crippen LogP contribution in [0.25, 0.3) is 11.5 Å². The monoisotopic (exact) mass is 490 g/mol. The molecule has 0 aliphatic carbocycles. The summed E-state index contributed by atoms with van der Waals surface area (Å²) in [5.41, 5.74) is 5.74. The van der Waals surface area contributed by atoms with Crippen LogP contribution in [0.4, 0.5) is 0 Å². The van der Waals surface area contributed by atoms with Gasteiger partial charge in [-0.1, -0.05) is 47.5 Å². The van der Waals surface area contributed by atoms with Gasteiger partial charge in [-0.2, -0.15) is 0 Å². The van der Waals surface area contributed by atoms with Crippen LogP contribution in [0.5, 0.6) is 0 Å². The minimum Gasteiger partial charge on any atom is -0.444 e. The lowest BCUT2D eigenvalue weighted by Gasteiger charge is -2.11. The van der Waals surface area contributed by atoms with Gasteiger partial charge in [0.2, 0.25) is 5.89 Å². The van der Waals surface area contributed by atoms with Gasteiger partial charge in [-0.15, -0.1) is 24.0 Å². The first-order valence-electron chi connectivity index (χ1n) is 9.15. The normalized spacial score (nSPS) is 11.0. The second-order valence-corrected chi connectivity index (χ2v) is 6.61. The second kappa shape index (κ2) is 10.8. The van der Waals surface area contributed by atoms with E-state index in [-0.39, 0.29) is 24.0 Å². The minimum absolute atomic E-state index is 0. The zero-order valence-electron chi connectivity index (χ0n) is 16.5. The third-order valence-electron chi connectivity index (χ3n) is 4.22.